The maximum atomic E-state index is 5.84. The van der Waals surface area contributed by atoms with Gasteiger partial charge in [0, 0.05) is 0 Å². The summed E-state index contributed by atoms with van der Waals surface area (Å²) in [5.74, 6) is 0. The van der Waals surface area contributed by atoms with Gasteiger partial charge in [-0.2, -0.15) is 0 Å². The Bertz CT molecular complexity index is 154. The van der Waals surface area contributed by atoms with E-state index in [1.807, 2.05) is 0 Å². The zero-order chi connectivity index (χ0) is 9.95. The van der Waals surface area contributed by atoms with Crippen molar-refractivity contribution in [3.05, 3.63) is 0 Å². The molecule has 0 bridgehead atoms. The van der Waals surface area contributed by atoms with Gasteiger partial charge in [0.25, 0.3) is 0 Å². The van der Waals surface area contributed by atoms with Crippen LogP contribution in [0.1, 0.15) is 40.5 Å². The van der Waals surface area contributed by atoms with Crippen molar-refractivity contribution in [2.75, 3.05) is 19.7 Å². The number of piperidine rings is 1. The quantitative estimate of drug-likeness (QED) is 0.712. The van der Waals surface area contributed by atoms with Crippen molar-refractivity contribution < 1.29 is 4.74 Å². The second kappa shape index (κ2) is 3.97. The van der Waals surface area contributed by atoms with Crippen LogP contribution in [0.3, 0.4) is 0 Å². The molecule has 1 fully saturated rings. The zero-order valence-electron chi connectivity index (χ0n) is 9.44. The third-order valence-corrected chi connectivity index (χ3v) is 2.66. The number of nitrogens with one attached hydrogen (secondary N) is 1. The topological polar surface area (TPSA) is 21.3 Å². The fourth-order valence-electron chi connectivity index (χ4n) is 1.57. The Balaban J connectivity index is 2.33. The van der Waals surface area contributed by atoms with Crippen molar-refractivity contribution >= 4 is 0 Å². The molecule has 0 amide bonds. The van der Waals surface area contributed by atoms with Crippen molar-refractivity contribution in [3.8, 4) is 0 Å². The minimum absolute atomic E-state index is 0.00782. The molecule has 1 heterocycles. The zero-order valence-corrected chi connectivity index (χ0v) is 9.44. The van der Waals surface area contributed by atoms with Gasteiger partial charge in [0.1, 0.15) is 0 Å². The van der Waals surface area contributed by atoms with E-state index in [-0.39, 0.29) is 5.60 Å². The van der Waals surface area contributed by atoms with Crippen molar-refractivity contribution in [2.45, 2.75) is 46.1 Å². The maximum absolute atomic E-state index is 5.84. The highest BCUT2D eigenvalue weighted by atomic mass is 16.5. The highest BCUT2D eigenvalue weighted by molar-refractivity contribution is 4.81. The lowest BCUT2D eigenvalue weighted by Crippen LogP contribution is -2.39. The lowest BCUT2D eigenvalue weighted by atomic mass is 9.82. The first-order valence-electron chi connectivity index (χ1n) is 5.26. The average molecular weight is 185 g/mol. The summed E-state index contributed by atoms with van der Waals surface area (Å²) in [7, 11) is 0. The van der Waals surface area contributed by atoms with Gasteiger partial charge in [-0.25, -0.2) is 0 Å². The van der Waals surface area contributed by atoms with Gasteiger partial charge in [-0.15, -0.1) is 0 Å². The Labute approximate surface area is 82.0 Å². The summed E-state index contributed by atoms with van der Waals surface area (Å²) in [5, 5.41) is 3.38. The lowest BCUT2D eigenvalue weighted by molar-refractivity contribution is -0.0554. The largest absolute Gasteiger partial charge is 0.375 e. The smallest absolute Gasteiger partial charge is 0.0598 e. The van der Waals surface area contributed by atoms with Crippen molar-refractivity contribution in [1.29, 1.82) is 0 Å². The first-order valence-corrected chi connectivity index (χ1v) is 5.26. The van der Waals surface area contributed by atoms with Gasteiger partial charge in [-0.1, -0.05) is 6.92 Å². The summed E-state index contributed by atoms with van der Waals surface area (Å²) in [4.78, 5) is 0. The van der Waals surface area contributed by atoms with Crippen LogP contribution in [0, 0.1) is 5.41 Å². The van der Waals surface area contributed by atoms with Crippen LogP contribution >= 0.6 is 0 Å². The van der Waals surface area contributed by atoms with E-state index in [1.54, 1.807) is 0 Å². The fraction of sp³-hybridized carbons (Fsp3) is 1.00. The molecular weight excluding hydrogens is 162 g/mol. The molecule has 2 heteroatoms. The third kappa shape index (κ3) is 4.10. The molecule has 0 aromatic heterocycles. The van der Waals surface area contributed by atoms with E-state index in [9.17, 15) is 0 Å². The number of hydrogen-bond acceptors (Lipinski definition) is 2. The van der Waals surface area contributed by atoms with Crippen LogP contribution in [-0.4, -0.2) is 25.3 Å². The van der Waals surface area contributed by atoms with Gasteiger partial charge < -0.3 is 10.1 Å². The molecule has 0 aromatic rings. The Hall–Kier alpha value is -0.0800. The monoisotopic (exact) mass is 185 g/mol. The average Bonchev–Trinajstić information content (AvgIpc) is 2.02. The molecule has 0 aliphatic carbocycles. The van der Waals surface area contributed by atoms with Gasteiger partial charge in [-0.3, -0.25) is 0 Å². The van der Waals surface area contributed by atoms with Crippen molar-refractivity contribution in [3.63, 3.8) is 0 Å². The van der Waals surface area contributed by atoms with Gasteiger partial charge in [0.05, 0.1) is 12.2 Å². The second-order valence-electron chi connectivity index (χ2n) is 5.46. The van der Waals surface area contributed by atoms with Crippen LogP contribution < -0.4 is 5.32 Å². The molecule has 1 aliphatic rings. The van der Waals surface area contributed by atoms with E-state index in [0.717, 1.165) is 19.7 Å². The molecule has 0 unspecified atom stereocenters. The molecule has 0 spiro atoms. The summed E-state index contributed by atoms with van der Waals surface area (Å²) in [6, 6.07) is 0. The SMILES string of the molecule is CC1(COC(C)(C)C)CCNCC1. The van der Waals surface area contributed by atoms with Gasteiger partial charge >= 0.3 is 0 Å². The Morgan fingerprint density at radius 2 is 1.77 bits per heavy atom. The predicted octanol–water partition coefficient (Wildman–Crippen LogP) is 2.19. The highest BCUT2D eigenvalue weighted by Gasteiger charge is 2.28. The maximum Gasteiger partial charge on any atom is 0.0598 e. The molecule has 0 radical (unpaired) electrons. The summed E-state index contributed by atoms with van der Waals surface area (Å²) in [5.41, 5.74) is 0.409. The van der Waals surface area contributed by atoms with Gasteiger partial charge in [-0.05, 0) is 52.1 Å². The lowest BCUT2D eigenvalue weighted by Gasteiger charge is -2.36. The molecule has 1 saturated heterocycles. The van der Waals surface area contributed by atoms with Crippen molar-refractivity contribution in [1.82, 2.24) is 5.32 Å². The Morgan fingerprint density at radius 3 is 2.23 bits per heavy atom. The van der Waals surface area contributed by atoms with Crippen LogP contribution in [0.4, 0.5) is 0 Å². The summed E-state index contributed by atoms with van der Waals surface area (Å²) in [6.07, 6.45) is 2.48. The second-order valence-corrected chi connectivity index (χ2v) is 5.46. The molecule has 13 heavy (non-hydrogen) atoms. The van der Waals surface area contributed by atoms with Crippen LogP contribution in [0.2, 0.25) is 0 Å². The van der Waals surface area contributed by atoms with Crippen molar-refractivity contribution in [2.24, 2.45) is 5.41 Å². The molecule has 0 aromatic carbocycles. The fourth-order valence-corrected chi connectivity index (χ4v) is 1.57. The van der Waals surface area contributed by atoms with Crippen LogP contribution in [0.25, 0.3) is 0 Å². The molecule has 0 atom stereocenters. The predicted molar refractivity (Wildman–Crippen MR) is 55.9 cm³/mol. The van der Waals surface area contributed by atoms with E-state index in [1.165, 1.54) is 12.8 Å². The van der Waals surface area contributed by atoms with E-state index < -0.39 is 0 Å². The molecule has 0 saturated carbocycles. The van der Waals surface area contributed by atoms with Crippen LogP contribution in [-0.2, 0) is 4.74 Å². The van der Waals surface area contributed by atoms with E-state index >= 15 is 0 Å². The Kier molecular flexibility index (Phi) is 3.36. The minimum Gasteiger partial charge on any atom is -0.375 e. The van der Waals surface area contributed by atoms with Gasteiger partial charge in [0.15, 0.2) is 0 Å². The molecule has 78 valence electrons. The summed E-state index contributed by atoms with van der Waals surface area (Å²) < 4.78 is 5.84. The molecular formula is C11H23NO. The molecule has 1 N–H and O–H groups in total. The van der Waals surface area contributed by atoms with Crippen LogP contribution in [0.15, 0.2) is 0 Å². The molecule has 2 nitrogen and oxygen atoms in total. The van der Waals surface area contributed by atoms with E-state index in [2.05, 4.69) is 33.0 Å². The summed E-state index contributed by atoms with van der Waals surface area (Å²) >= 11 is 0. The van der Waals surface area contributed by atoms with E-state index in [4.69, 9.17) is 4.74 Å². The van der Waals surface area contributed by atoms with Crippen LogP contribution in [0.5, 0.6) is 0 Å². The normalized spacial score (nSPS) is 23.1. The third-order valence-electron chi connectivity index (χ3n) is 2.66. The minimum atomic E-state index is 0.00782. The molecule has 1 rings (SSSR count). The standard InChI is InChI=1S/C11H23NO/c1-10(2,3)13-9-11(4)5-7-12-8-6-11/h12H,5-9H2,1-4H3. The number of ether oxygens (including phenoxy) is 1. The molecule has 1 aliphatic heterocycles. The van der Waals surface area contributed by atoms with E-state index in [0.29, 0.717) is 5.41 Å². The summed E-state index contributed by atoms with van der Waals surface area (Å²) in [6.45, 7) is 11.9. The first kappa shape index (κ1) is 11.0. The van der Waals surface area contributed by atoms with Gasteiger partial charge in [0.2, 0.25) is 0 Å². The number of rotatable bonds is 2. The Morgan fingerprint density at radius 1 is 1.23 bits per heavy atom. The number of hydrogen-bond donors (Lipinski definition) is 1. The first-order chi connectivity index (χ1) is 5.91. The highest BCUT2D eigenvalue weighted by Crippen LogP contribution is 2.29.